The second-order valence-corrected chi connectivity index (χ2v) is 7.15. The van der Waals surface area contributed by atoms with Gasteiger partial charge in [0.15, 0.2) is 0 Å². The largest absolute Gasteiger partial charge is 0.270 e. The molecular weight excluding hydrogens is 236 g/mol. The Bertz CT molecular complexity index is 290. The third-order valence-electron chi connectivity index (χ3n) is 3.69. The summed E-state index contributed by atoms with van der Waals surface area (Å²) in [7, 11) is -3.24. The van der Waals surface area contributed by atoms with Crippen LogP contribution < -0.4 is 0 Å². The Morgan fingerprint density at radius 1 is 1.06 bits per heavy atom. The third-order valence-corrected chi connectivity index (χ3v) is 4.28. The van der Waals surface area contributed by atoms with Gasteiger partial charge in [0, 0.05) is 0 Å². The van der Waals surface area contributed by atoms with E-state index in [1.54, 1.807) is 0 Å². The minimum absolute atomic E-state index is 0.348. The minimum Gasteiger partial charge on any atom is -0.270 e. The highest BCUT2D eigenvalue weighted by Crippen LogP contribution is 2.31. The normalized spacial score (nSPS) is 26.0. The molecule has 0 aromatic rings. The summed E-state index contributed by atoms with van der Waals surface area (Å²) in [6, 6.07) is 0. The highest BCUT2D eigenvalue weighted by molar-refractivity contribution is 7.85. The second kappa shape index (κ2) is 7.37. The summed E-state index contributed by atoms with van der Waals surface area (Å²) in [6.07, 6.45) is 11.1. The Morgan fingerprint density at radius 3 is 2.29 bits per heavy atom. The monoisotopic (exact) mass is 262 g/mol. The van der Waals surface area contributed by atoms with E-state index >= 15 is 0 Å². The molecular formula is C13H26O3S. The minimum atomic E-state index is -3.24. The summed E-state index contributed by atoms with van der Waals surface area (Å²) in [5.74, 6) is 1.84. The third kappa shape index (κ3) is 7.77. The van der Waals surface area contributed by atoms with Crippen LogP contribution in [0.25, 0.3) is 0 Å². The van der Waals surface area contributed by atoms with E-state index in [1.165, 1.54) is 38.5 Å². The maximum Gasteiger partial charge on any atom is 0.264 e. The first-order valence-corrected chi connectivity index (χ1v) is 8.63. The van der Waals surface area contributed by atoms with Gasteiger partial charge in [-0.3, -0.25) is 4.18 Å². The summed E-state index contributed by atoms with van der Waals surface area (Å²) in [5.41, 5.74) is 0. The molecule has 4 heteroatoms. The van der Waals surface area contributed by atoms with Crippen molar-refractivity contribution >= 4 is 10.1 Å². The van der Waals surface area contributed by atoms with E-state index in [0.717, 1.165) is 30.9 Å². The van der Waals surface area contributed by atoms with Crippen LogP contribution >= 0.6 is 0 Å². The molecule has 0 unspecified atom stereocenters. The number of hydrogen-bond acceptors (Lipinski definition) is 3. The smallest absolute Gasteiger partial charge is 0.264 e. The molecule has 1 rings (SSSR count). The van der Waals surface area contributed by atoms with Gasteiger partial charge in [-0.25, -0.2) is 0 Å². The first-order valence-electron chi connectivity index (χ1n) is 6.82. The average molecular weight is 262 g/mol. The van der Waals surface area contributed by atoms with Crippen LogP contribution in [-0.2, 0) is 14.3 Å². The van der Waals surface area contributed by atoms with Crippen LogP contribution in [0.5, 0.6) is 0 Å². The number of rotatable bonds is 7. The van der Waals surface area contributed by atoms with Gasteiger partial charge in [-0.15, -0.1) is 0 Å². The van der Waals surface area contributed by atoms with Crippen LogP contribution in [0.2, 0.25) is 0 Å². The molecule has 17 heavy (non-hydrogen) atoms. The van der Waals surface area contributed by atoms with Crippen LogP contribution in [0.4, 0.5) is 0 Å². The van der Waals surface area contributed by atoms with Crippen LogP contribution in [0.3, 0.4) is 0 Å². The predicted octanol–water partition coefficient (Wildman–Crippen LogP) is 3.35. The van der Waals surface area contributed by atoms with Gasteiger partial charge in [0.25, 0.3) is 10.1 Å². The van der Waals surface area contributed by atoms with Gasteiger partial charge in [0.05, 0.1) is 12.9 Å². The molecule has 0 spiro atoms. The zero-order chi connectivity index (χ0) is 12.7. The van der Waals surface area contributed by atoms with E-state index in [9.17, 15) is 8.42 Å². The molecule has 0 saturated heterocycles. The van der Waals surface area contributed by atoms with Crippen LogP contribution in [0.15, 0.2) is 0 Å². The summed E-state index contributed by atoms with van der Waals surface area (Å²) in [6.45, 7) is 2.69. The summed E-state index contributed by atoms with van der Waals surface area (Å²) < 4.78 is 26.1. The van der Waals surface area contributed by atoms with E-state index in [-0.39, 0.29) is 0 Å². The first kappa shape index (κ1) is 15.0. The van der Waals surface area contributed by atoms with Gasteiger partial charge in [0.1, 0.15) is 0 Å². The zero-order valence-corrected chi connectivity index (χ0v) is 12.0. The Balaban J connectivity index is 1.94. The van der Waals surface area contributed by atoms with E-state index in [4.69, 9.17) is 4.18 Å². The molecule has 0 amide bonds. The fourth-order valence-corrected chi connectivity index (χ4v) is 2.96. The Morgan fingerprint density at radius 2 is 1.71 bits per heavy atom. The predicted molar refractivity (Wildman–Crippen MR) is 70.4 cm³/mol. The Kier molecular flexibility index (Phi) is 6.49. The fourth-order valence-electron chi connectivity index (χ4n) is 2.54. The lowest BCUT2D eigenvalue weighted by molar-refractivity contribution is 0.266. The van der Waals surface area contributed by atoms with Gasteiger partial charge in [0.2, 0.25) is 0 Å². The van der Waals surface area contributed by atoms with Gasteiger partial charge in [-0.1, -0.05) is 51.9 Å². The van der Waals surface area contributed by atoms with Crippen molar-refractivity contribution in [2.45, 2.75) is 58.3 Å². The molecule has 102 valence electrons. The summed E-state index contributed by atoms with van der Waals surface area (Å²) >= 11 is 0. The molecule has 0 radical (unpaired) electrons. The lowest BCUT2D eigenvalue weighted by atomic mass is 9.80. The van der Waals surface area contributed by atoms with Crippen molar-refractivity contribution in [1.29, 1.82) is 0 Å². The van der Waals surface area contributed by atoms with Crippen molar-refractivity contribution in [2.75, 3.05) is 12.9 Å². The molecule has 0 aromatic heterocycles. The standard InChI is InChI=1S/C13H26O3S/c1-12-7-9-13(10-8-12)6-4-3-5-11-16-17(2,14)15/h12-13H,3-11H2,1-2H3. The van der Waals surface area contributed by atoms with Gasteiger partial charge in [-0.05, 0) is 18.3 Å². The molecule has 1 saturated carbocycles. The van der Waals surface area contributed by atoms with Gasteiger partial charge >= 0.3 is 0 Å². The van der Waals surface area contributed by atoms with E-state index in [2.05, 4.69) is 6.92 Å². The highest BCUT2D eigenvalue weighted by atomic mass is 32.2. The topological polar surface area (TPSA) is 43.4 Å². The molecule has 1 aliphatic carbocycles. The SMILES string of the molecule is CC1CCC(CCCCCOS(C)(=O)=O)CC1. The van der Waals surface area contributed by atoms with Crippen molar-refractivity contribution in [3.05, 3.63) is 0 Å². The van der Waals surface area contributed by atoms with Gasteiger partial charge < -0.3 is 0 Å². The molecule has 0 atom stereocenters. The summed E-state index contributed by atoms with van der Waals surface area (Å²) in [5, 5.41) is 0. The molecule has 1 aliphatic rings. The highest BCUT2D eigenvalue weighted by Gasteiger charge is 2.17. The molecule has 3 nitrogen and oxygen atoms in total. The van der Waals surface area contributed by atoms with Crippen LogP contribution in [0, 0.1) is 11.8 Å². The van der Waals surface area contributed by atoms with E-state index < -0.39 is 10.1 Å². The maximum atomic E-state index is 10.7. The molecule has 0 aromatic carbocycles. The molecule has 1 fully saturated rings. The fraction of sp³-hybridized carbons (Fsp3) is 1.00. The van der Waals surface area contributed by atoms with Crippen molar-refractivity contribution < 1.29 is 12.6 Å². The van der Waals surface area contributed by atoms with Crippen LogP contribution in [0.1, 0.15) is 58.3 Å². The Labute approximate surface area is 106 Å². The summed E-state index contributed by atoms with van der Waals surface area (Å²) in [4.78, 5) is 0. The van der Waals surface area contributed by atoms with Gasteiger partial charge in [-0.2, -0.15) is 8.42 Å². The van der Waals surface area contributed by atoms with Crippen molar-refractivity contribution in [2.24, 2.45) is 11.8 Å². The quantitative estimate of drug-likeness (QED) is 0.522. The van der Waals surface area contributed by atoms with E-state index in [0.29, 0.717) is 6.61 Å². The average Bonchev–Trinajstić information content (AvgIpc) is 2.24. The number of hydrogen-bond donors (Lipinski definition) is 0. The zero-order valence-electron chi connectivity index (χ0n) is 11.2. The lowest BCUT2D eigenvalue weighted by Gasteiger charge is -2.25. The molecule has 0 heterocycles. The maximum absolute atomic E-state index is 10.7. The van der Waals surface area contributed by atoms with Crippen LogP contribution in [-0.4, -0.2) is 21.3 Å². The second-order valence-electron chi connectivity index (χ2n) is 5.50. The van der Waals surface area contributed by atoms with E-state index in [1.807, 2.05) is 0 Å². The Hall–Kier alpha value is -0.0900. The van der Waals surface area contributed by atoms with Crippen molar-refractivity contribution in [1.82, 2.24) is 0 Å². The molecule has 0 aliphatic heterocycles. The first-order chi connectivity index (χ1) is 7.97. The number of unbranched alkanes of at least 4 members (excludes halogenated alkanes) is 2. The van der Waals surface area contributed by atoms with Crippen molar-refractivity contribution in [3.63, 3.8) is 0 Å². The molecule has 0 bridgehead atoms. The lowest BCUT2D eigenvalue weighted by Crippen LogP contribution is -2.12. The van der Waals surface area contributed by atoms with Crippen molar-refractivity contribution in [3.8, 4) is 0 Å². The molecule has 0 N–H and O–H groups in total.